The van der Waals surface area contributed by atoms with Gasteiger partial charge in [0.1, 0.15) is 5.75 Å². The van der Waals surface area contributed by atoms with Crippen LogP contribution in [0.1, 0.15) is 24.5 Å². The molecule has 0 aromatic heterocycles. The van der Waals surface area contributed by atoms with Gasteiger partial charge in [-0.2, -0.15) is 0 Å². The summed E-state index contributed by atoms with van der Waals surface area (Å²) in [6.07, 6.45) is 0.801. The van der Waals surface area contributed by atoms with E-state index in [4.69, 9.17) is 0 Å². The summed E-state index contributed by atoms with van der Waals surface area (Å²) in [7, 11) is -3.26. The van der Waals surface area contributed by atoms with Crippen LogP contribution in [-0.2, 0) is 9.84 Å². The van der Waals surface area contributed by atoms with E-state index in [0.29, 0.717) is 36.1 Å². The van der Waals surface area contributed by atoms with Crippen LogP contribution in [0.15, 0.2) is 59.5 Å². The fourth-order valence-electron chi connectivity index (χ4n) is 4.59. The van der Waals surface area contributed by atoms with Crippen LogP contribution in [0.3, 0.4) is 0 Å². The van der Waals surface area contributed by atoms with Gasteiger partial charge in [0.2, 0.25) is 0 Å². The molecule has 1 aliphatic carbocycles. The molecule has 5 nitrogen and oxygen atoms in total. The van der Waals surface area contributed by atoms with Gasteiger partial charge in [-0.05, 0) is 54.5 Å². The van der Waals surface area contributed by atoms with Crippen molar-refractivity contribution in [3.63, 3.8) is 0 Å². The second-order valence-corrected chi connectivity index (χ2v) is 10.0. The van der Waals surface area contributed by atoms with Crippen LogP contribution in [-0.4, -0.2) is 48.4 Å². The monoisotopic (exact) mass is 387 g/mol. The highest BCUT2D eigenvalue weighted by Gasteiger charge is 2.45. The number of nitrogens with zero attached hydrogens (tertiary/aromatic N) is 1. The van der Waals surface area contributed by atoms with E-state index in [1.807, 2.05) is 6.07 Å². The SMILES string of the molecule is O=S(=O)(c1ccccc1)C1C[C@@H]2CN(CC(O)c3ccc(O)cc3)C[C@@H]2C1. The molecule has 6 heteroatoms. The first-order chi connectivity index (χ1) is 12.9. The molecule has 4 rings (SSSR count). The van der Waals surface area contributed by atoms with Gasteiger partial charge in [0, 0.05) is 19.6 Å². The zero-order valence-corrected chi connectivity index (χ0v) is 15.9. The molecule has 0 radical (unpaired) electrons. The first-order valence-corrected chi connectivity index (χ1v) is 11.0. The van der Waals surface area contributed by atoms with E-state index in [9.17, 15) is 18.6 Å². The number of hydrogen-bond donors (Lipinski definition) is 2. The van der Waals surface area contributed by atoms with Crippen LogP contribution in [0, 0.1) is 11.8 Å². The standard InChI is InChI=1S/C21H25NO4S/c23-18-8-6-15(7-9-18)21(24)14-22-12-16-10-20(11-17(16)13-22)27(25,26)19-4-2-1-3-5-19/h1-9,16-17,20-21,23-24H,10-14H2/t16-,17+,20?,21?. The first kappa shape index (κ1) is 18.5. The number of phenolic OH excluding ortho intramolecular Hbond substituents is 1. The second kappa shape index (κ2) is 7.26. The molecule has 0 spiro atoms. The van der Waals surface area contributed by atoms with Gasteiger partial charge >= 0.3 is 0 Å². The predicted molar refractivity (Wildman–Crippen MR) is 103 cm³/mol. The molecule has 0 bridgehead atoms. The summed E-state index contributed by atoms with van der Waals surface area (Å²) >= 11 is 0. The maximum atomic E-state index is 12.9. The normalized spacial score (nSPS) is 26.8. The smallest absolute Gasteiger partial charge is 0.181 e. The highest BCUT2D eigenvalue weighted by atomic mass is 32.2. The summed E-state index contributed by atoms with van der Waals surface area (Å²) < 4.78 is 25.7. The average molecular weight is 388 g/mol. The predicted octanol–water partition coefficient (Wildman–Crippen LogP) is 2.61. The molecular formula is C21H25NO4S. The maximum Gasteiger partial charge on any atom is 0.181 e. The second-order valence-electron chi connectivity index (χ2n) is 7.80. The highest BCUT2D eigenvalue weighted by molar-refractivity contribution is 7.92. The van der Waals surface area contributed by atoms with Crippen molar-refractivity contribution in [2.24, 2.45) is 11.8 Å². The summed E-state index contributed by atoms with van der Waals surface area (Å²) in [6.45, 7) is 2.20. The highest BCUT2D eigenvalue weighted by Crippen LogP contribution is 2.42. The third-order valence-electron chi connectivity index (χ3n) is 6.00. The third kappa shape index (κ3) is 3.74. The van der Waals surface area contributed by atoms with Gasteiger partial charge in [-0.15, -0.1) is 0 Å². The third-order valence-corrected chi connectivity index (χ3v) is 8.19. The van der Waals surface area contributed by atoms with Crippen molar-refractivity contribution in [2.75, 3.05) is 19.6 Å². The Hall–Kier alpha value is -1.89. The maximum absolute atomic E-state index is 12.9. The quantitative estimate of drug-likeness (QED) is 0.825. The Morgan fingerprint density at radius 2 is 1.56 bits per heavy atom. The lowest BCUT2D eigenvalue weighted by molar-refractivity contribution is 0.122. The van der Waals surface area contributed by atoms with Crippen molar-refractivity contribution < 1.29 is 18.6 Å². The molecule has 1 aliphatic heterocycles. The summed E-state index contributed by atoms with van der Waals surface area (Å²) in [5.74, 6) is 0.938. The van der Waals surface area contributed by atoms with Crippen molar-refractivity contribution >= 4 is 9.84 Å². The lowest BCUT2D eigenvalue weighted by atomic mass is 10.0. The van der Waals surface area contributed by atoms with E-state index in [1.165, 1.54) is 0 Å². The zero-order valence-electron chi connectivity index (χ0n) is 15.1. The molecule has 1 heterocycles. The Labute approximate surface area is 160 Å². The zero-order chi connectivity index (χ0) is 19.0. The topological polar surface area (TPSA) is 77.8 Å². The summed E-state index contributed by atoms with van der Waals surface area (Å²) in [4.78, 5) is 2.66. The molecule has 2 aromatic rings. The van der Waals surface area contributed by atoms with Gasteiger partial charge in [0.05, 0.1) is 16.2 Å². The molecule has 2 unspecified atom stereocenters. The van der Waals surface area contributed by atoms with Crippen LogP contribution in [0.5, 0.6) is 5.75 Å². The number of hydrogen-bond acceptors (Lipinski definition) is 5. The Kier molecular flexibility index (Phi) is 4.97. The Bertz CT molecular complexity index is 868. The van der Waals surface area contributed by atoms with Crippen molar-refractivity contribution in [1.82, 2.24) is 4.90 Å². The molecule has 144 valence electrons. The first-order valence-electron chi connectivity index (χ1n) is 9.42. The molecule has 27 heavy (non-hydrogen) atoms. The van der Waals surface area contributed by atoms with E-state index < -0.39 is 15.9 Å². The van der Waals surface area contributed by atoms with E-state index in [0.717, 1.165) is 18.7 Å². The number of phenols is 1. The van der Waals surface area contributed by atoms with Gasteiger partial charge in [0.15, 0.2) is 9.84 Å². The number of β-amino-alcohol motifs (C(OH)–C–C–N with tert-alkyl or cyclic N) is 1. The average Bonchev–Trinajstić information content (AvgIpc) is 3.22. The molecule has 0 amide bonds. The summed E-state index contributed by atoms with van der Waals surface area (Å²) in [6, 6.07) is 15.4. The Balaban J connectivity index is 1.36. The molecular weight excluding hydrogens is 362 g/mol. The number of sulfone groups is 1. The van der Waals surface area contributed by atoms with Gasteiger partial charge in [-0.1, -0.05) is 30.3 Å². The van der Waals surface area contributed by atoms with Crippen LogP contribution in [0.2, 0.25) is 0 Å². The van der Waals surface area contributed by atoms with Crippen molar-refractivity contribution in [3.8, 4) is 5.75 Å². The number of rotatable bonds is 5. The van der Waals surface area contributed by atoms with E-state index in [2.05, 4.69) is 4.90 Å². The Morgan fingerprint density at radius 3 is 2.15 bits per heavy atom. The number of aliphatic hydroxyl groups is 1. The summed E-state index contributed by atoms with van der Waals surface area (Å²) in [5, 5.41) is 19.5. The van der Waals surface area contributed by atoms with E-state index in [-0.39, 0.29) is 11.0 Å². The van der Waals surface area contributed by atoms with E-state index in [1.54, 1.807) is 48.5 Å². The fourth-order valence-corrected chi connectivity index (χ4v) is 6.52. The number of fused-ring (bicyclic) bond motifs is 1. The van der Waals surface area contributed by atoms with Gasteiger partial charge in [-0.3, -0.25) is 4.90 Å². The molecule has 1 saturated carbocycles. The minimum absolute atomic E-state index is 0.187. The molecule has 2 aliphatic rings. The van der Waals surface area contributed by atoms with Gasteiger partial charge in [-0.25, -0.2) is 8.42 Å². The van der Waals surface area contributed by atoms with Gasteiger partial charge < -0.3 is 10.2 Å². The number of aromatic hydroxyl groups is 1. The molecule has 1 saturated heterocycles. The van der Waals surface area contributed by atoms with Crippen molar-refractivity contribution in [3.05, 3.63) is 60.2 Å². The lowest BCUT2D eigenvalue weighted by Gasteiger charge is -2.22. The van der Waals surface area contributed by atoms with Crippen LogP contribution >= 0.6 is 0 Å². The van der Waals surface area contributed by atoms with Crippen LogP contribution in [0.25, 0.3) is 0 Å². The number of aliphatic hydroxyl groups excluding tert-OH is 1. The molecule has 2 N–H and O–H groups in total. The Morgan fingerprint density at radius 1 is 0.963 bits per heavy atom. The summed E-state index contributed by atoms with van der Waals surface area (Å²) in [5.41, 5.74) is 0.786. The molecule has 2 aromatic carbocycles. The number of benzene rings is 2. The number of likely N-dealkylation sites (tertiary alicyclic amines) is 1. The largest absolute Gasteiger partial charge is 0.508 e. The molecule has 2 fully saturated rings. The minimum atomic E-state index is -3.26. The minimum Gasteiger partial charge on any atom is -0.508 e. The van der Waals surface area contributed by atoms with Gasteiger partial charge in [0.25, 0.3) is 0 Å². The van der Waals surface area contributed by atoms with E-state index >= 15 is 0 Å². The fraction of sp³-hybridized carbons (Fsp3) is 0.429. The lowest BCUT2D eigenvalue weighted by Crippen LogP contribution is -2.29. The molecule has 4 atom stereocenters. The van der Waals surface area contributed by atoms with Crippen LogP contribution < -0.4 is 0 Å². The van der Waals surface area contributed by atoms with Crippen molar-refractivity contribution in [1.29, 1.82) is 0 Å². The van der Waals surface area contributed by atoms with Crippen molar-refractivity contribution in [2.45, 2.75) is 29.1 Å². The van der Waals surface area contributed by atoms with Crippen LogP contribution in [0.4, 0.5) is 0 Å².